The average molecular weight is 204 g/mol. The Kier molecular flexibility index (Phi) is 4.57. The van der Waals surface area contributed by atoms with Gasteiger partial charge in [0.05, 0.1) is 12.5 Å². The molecule has 80 valence electrons. The Morgan fingerprint density at radius 3 is 2.14 bits per heavy atom. The quantitative estimate of drug-likeness (QED) is 0.425. The number of rotatable bonds is 5. The smallest absolute Gasteiger partial charge is 0.326 e. The fraction of sp³-hybridized carbons (Fsp3) is 0.571. The second-order valence-corrected chi connectivity index (χ2v) is 2.79. The Labute approximate surface area is 79.9 Å². The number of carboxylic acids is 2. The number of nitrogens with one attached hydrogen (secondary N) is 1. The zero-order valence-electron chi connectivity index (χ0n) is 7.56. The topological polar surface area (TPSA) is 130 Å². The van der Waals surface area contributed by atoms with Crippen LogP contribution in [0.15, 0.2) is 0 Å². The van der Waals surface area contributed by atoms with Crippen molar-refractivity contribution in [1.82, 2.24) is 5.32 Å². The van der Waals surface area contributed by atoms with Crippen molar-refractivity contribution in [1.29, 1.82) is 0 Å². The maximum Gasteiger partial charge on any atom is 0.326 e. The average Bonchev–Trinajstić information content (AvgIpc) is 2.01. The third-order valence-corrected chi connectivity index (χ3v) is 1.41. The van der Waals surface area contributed by atoms with E-state index in [9.17, 15) is 14.4 Å². The number of carboxylic acid groups (broad SMARTS) is 2. The Bertz CT molecular complexity index is 250. The van der Waals surface area contributed by atoms with Crippen molar-refractivity contribution >= 4 is 17.8 Å². The Morgan fingerprint density at radius 2 is 1.86 bits per heavy atom. The van der Waals surface area contributed by atoms with E-state index in [1.165, 1.54) is 6.92 Å². The minimum Gasteiger partial charge on any atom is -0.481 e. The van der Waals surface area contributed by atoms with E-state index in [1.807, 2.05) is 5.32 Å². The molecule has 0 heterocycles. The third-order valence-electron chi connectivity index (χ3n) is 1.41. The van der Waals surface area contributed by atoms with Crippen molar-refractivity contribution in [3.8, 4) is 0 Å². The number of aliphatic carboxylic acids is 2. The van der Waals surface area contributed by atoms with Gasteiger partial charge in [0.15, 0.2) is 0 Å². The first kappa shape index (κ1) is 12.4. The predicted octanol–water partition coefficient (Wildman–Crippen LogP) is -1.62. The van der Waals surface area contributed by atoms with E-state index < -0.39 is 36.4 Å². The number of carbonyl (C=O) groups is 3. The molecule has 0 rings (SSSR count). The molecule has 0 aromatic heterocycles. The first-order valence-electron chi connectivity index (χ1n) is 3.85. The van der Waals surface area contributed by atoms with Crippen LogP contribution in [0, 0.1) is 0 Å². The van der Waals surface area contributed by atoms with Gasteiger partial charge in [-0.25, -0.2) is 4.79 Å². The van der Waals surface area contributed by atoms with Crippen LogP contribution in [-0.4, -0.2) is 40.1 Å². The number of hydrogen-bond donors (Lipinski definition) is 4. The number of carbonyl (C=O) groups excluding carboxylic acids is 1. The fourth-order valence-corrected chi connectivity index (χ4v) is 0.678. The third kappa shape index (κ3) is 4.41. The van der Waals surface area contributed by atoms with Crippen LogP contribution in [0.3, 0.4) is 0 Å². The minimum atomic E-state index is -1.44. The van der Waals surface area contributed by atoms with Gasteiger partial charge in [-0.15, -0.1) is 0 Å². The first-order chi connectivity index (χ1) is 6.34. The minimum absolute atomic E-state index is 0.673. The molecule has 7 nitrogen and oxygen atoms in total. The molecule has 1 unspecified atom stereocenters. The summed E-state index contributed by atoms with van der Waals surface area (Å²) in [5.41, 5.74) is 5.16. The largest absolute Gasteiger partial charge is 0.481 e. The van der Waals surface area contributed by atoms with Crippen LogP contribution >= 0.6 is 0 Å². The molecule has 7 heteroatoms. The molecule has 0 aromatic rings. The highest BCUT2D eigenvalue weighted by Gasteiger charge is 2.23. The summed E-state index contributed by atoms with van der Waals surface area (Å²) in [6.45, 7) is 1.37. The molecule has 0 aliphatic heterocycles. The maximum absolute atomic E-state index is 10.9. The lowest BCUT2D eigenvalue weighted by atomic mass is 10.2. The van der Waals surface area contributed by atoms with Crippen molar-refractivity contribution in [2.75, 3.05) is 0 Å². The number of nitrogens with two attached hydrogens (primary N) is 1. The zero-order chi connectivity index (χ0) is 11.3. The zero-order valence-corrected chi connectivity index (χ0v) is 7.56. The van der Waals surface area contributed by atoms with Gasteiger partial charge >= 0.3 is 11.9 Å². The molecular weight excluding hydrogens is 192 g/mol. The summed E-state index contributed by atoms with van der Waals surface area (Å²) < 4.78 is 0. The van der Waals surface area contributed by atoms with Gasteiger partial charge in [0.25, 0.3) is 0 Å². The Morgan fingerprint density at radius 1 is 1.36 bits per heavy atom. The van der Waals surface area contributed by atoms with Crippen LogP contribution in [0.1, 0.15) is 13.3 Å². The Balaban J connectivity index is 4.31. The molecule has 0 aliphatic rings. The van der Waals surface area contributed by atoms with Gasteiger partial charge in [-0.2, -0.15) is 0 Å². The lowest BCUT2D eigenvalue weighted by molar-refractivity contribution is -0.147. The standard InChI is InChI=1S/C7H12N2O5/c1-3(8)6(12)9-4(7(13)14)2-5(10)11/h3-4H,2,8H2,1H3,(H,9,12)(H,10,11)(H,13,14)/t3-,4?/m1/s1. The van der Waals surface area contributed by atoms with Gasteiger partial charge in [0, 0.05) is 0 Å². The molecule has 1 amide bonds. The van der Waals surface area contributed by atoms with Gasteiger partial charge in [0.2, 0.25) is 5.91 Å². The molecule has 2 atom stereocenters. The van der Waals surface area contributed by atoms with E-state index in [-0.39, 0.29) is 0 Å². The van der Waals surface area contributed by atoms with E-state index in [2.05, 4.69) is 0 Å². The van der Waals surface area contributed by atoms with Crippen molar-refractivity contribution in [3.05, 3.63) is 0 Å². The van der Waals surface area contributed by atoms with Crippen molar-refractivity contribution in [2.45, 2.75) is 25.4 Å². The van der Waals surface area contributed by atoms with E-state index >= 15 is 0 Å². The van der Waals surface area contributed by atoms with Crippen molar-refractivity contribution < 1.29 is 24.6 Å². The molecule has 0 spiro atoms. The van der Waals surface area contributed by atoms with Crippen molar-refractivity contribution in [2.24, 2.45) is 5.73 Å². The second-order valence-electron chi connectivity index (χ2n) is 2.79. The highest BCUT2D eigenvalue weighted by atomic mass is 16.4. The van der Waals surface area contributed by atoms with E-state index in [1.54, 1.807) is 0 Å². The van der Waals surface area contributed by atoms with Crippen LogP contribution in [0.4, 0.5) is 0 Å². The van der Waals surface area contributed by atoms with Crippen LogP contribution in [0.5, 0.6) is 0 Å². The van der Waals surface area contributed by atoms with Gasteiger partial charge in [0.1, 0.15) is 6.04 Å². The number of hydrogen-bond acceptors (Lipinski definition) is 4. The summed E-state index contributed by atoms with van der Waals surface area (Å²) in [4.78, 5) is 31.6. The van der Waals surface area contributed by atoms with Crippen LogP contribution < -0.4 is 11.1 Å². The summed E-state index contributed by atoms with van der Waals surface area (Å²) in [6.07, 6.45) is -0.673. The van der Waals surface area contributed by atoms with E-state index in [0.717, 1.165) is 0 Å². The second kappa shape index (κ2) is 5.18. The van der Waals surface area contributed by atoms with Crippen molar-refractivity contribution in [3.63, 3.8) is 0 Å². The van der Waals surface area contributed by atoms with Gasteiger partial charge in [-0.1, -0.05) is 0 Å². The SMILES string of the molecule is C[C@@H](N)C(=O)NC(CC(=O)O)C(=O)O. The van der Waals surface area contributed by atoms with E-state index in [4.69, 9.17) is 15.9 Å². The van der Waals surface area contributed by atoms with Crippen LogP contribution in [0.2, 0.25) is 0 Å². The van der Waals surface area contributed by atoms with E-state index in [0.29, 0.717) is 0 Å². The molecule has 0 saturated heterocycles. The molecule has 0 bridgehead atoms. The van der Waals surface area contributed by atoms with Gasteiger partial charge < -0.3 is 21.3 Å². The summed E-state index contributed by atoms with van der Waals surface area (Å²) in [7, 11) is 0. The summed E-state index contributed by atoms with van der Waals surface area (Å²) in [5, 5.41) is 18.9. The highest BCUT2D eigenvalue weighted by molar-refractivity contribution is 5.88. The molecule has 0 aromatic carbocycles. The summed E-state index contributed by atoms with van der Waals surface area (Å²) in [5.74, 6) is -3.40. The molecule has 0 saturated carbocycles. The lowest BCUT2D eigenvalue weighted by Crippen LogP contribution is -2.48. The Hall–Kier alpha value is -1.63. The molecule has 5 N–H and O–H groups in total. The van der Waals surface area contributed by atoms with Crippen LogP contribution in [0.25, 0.3) is 0 Å². The predicted molar refractivity (Wildman–Crippen MR) is 45.5 cm³/mol. The molecule has 0 radical (unpaired) electrons. The van der Waals surface area contributed by atoms with Gasteiger partial charge in [-0.3, -0.25) is 9.59 Å². The highest BCUT2D eigenvalue weighted by Crippen LogP contribution is 1.93. The van der Waals surface area contributed by atoms with Gasteiger partial charge in [-0.05, 0) is 6.92 Å². The summed E-state index contributed by atoms with van der Waals surface area (Å²) in [6, 6.07) is -2.31. The summed E-state index contributed by atoms with van der Waals surface area (Å²) >= 11 is 0. The maximum atomic E-state index is 10.9. The molecule has 0 aliphatic carbocycles. The first-order valence-corrected chi connectivity index (χ1v) is 3.85. The lowest BCUT2D eigenvalue weighted by Gasteiger charge is -2.13. The fourth-order valence-electron chi connectivity index (χ4n) is 0.678. The van der Waals surface area contributed by atoms with Crippen LogP contribution in [-0.2, 0) is 14.4 Å². The molecule has 14 heavy (non-hydrogen) atoms. The monoisotopic (exact) mass is 204 g/mol. The number of amides is 1. The molecule has 0 fully saturated rings. The normalized spacial score (nSPS) is 14.1. The molecular formula is C7H12N2O5.